The highest BCUT2D eigenvalue weighted by Crippen LogP contribution is 3.13. The molecule has 0 aromatic heterocycles. The largest absolute Gasteiger partial charge is 0.0585 e. The molecule has 12 rings (SSSR count). The van der Waals surface area contributed by atoms with Crippen LogP contribution in [-0.2, 0) is 0 Å². The Morgan fingerprint density at radius 3 is 1.67 bits per heavy atom. The van der Waals surface area contributed by atoms with E-state index in [4.69, 9.17) is 0 Å². The van der Waals surface area contributed by atoms with Crippen molar-refractivity contribution < 1.29 is 0 Å². The molecule has 12 aliphatic carbocycles. The Bertz CT molecular complexity index is 721. The summed E-state index contributed by atoms with van der Waals surface area (Å²) in [6, 6.07) is 0. The minimum Gasteiger partial charge on any atom is -0.0585 e. The van der Waals surface area contributed by atoms with E-state index in [-0.39, 0.29) is 0 Å². The van der Waals surface area contributed by atoms with Crippen LogP contribution in [0.2, 0.25) is 0 Å². The smallest absolute Gasteiger partial charge is 0.0111 e. The SMILES string of the molecule is CC12[C@@H]3[C@@H]4[C@H]5C6[C@H]7[C@H]4[C@H]1[C@H]1[C@@H]7[C@@H]4C[C@H]1C21[C@@H]2C[C@@H]([C@@H]5[C@@H]32)C641. The first-order valence-electron chi connectivity index (χ1n) is 10.3. The summed E-state index contributed by atoms with van der Waals surface area (Å²) in [5.41, 5.74) is 2.87. The van der Waals surface area contributed by atoms with Crippen molar-refractivity contribution in [1.82, 2.24) is 0 Å². The minimum absolute atomic E-state index is 0.898. The molecule has 0 heteroatoms. The van der Waals surface area contributed by atoms with Crippen LogP contribution in [0.5, 0.6) is 0 Å². The van der Waals surface area contributed by atoms with E-state index in [1.54, 1.807) is 12.8 Å². The molecule has 0 amide bonds. The Labute approximate surface area is 125 Å². The van der Waals surface area contributed by atoms with Gasteiger partial charge in [0.25, 0.3) is 0 Å². The van der Waals surface area contributed by atoms with Gasteiger partial charge in [-0.2, -0.15) is 0 Å². The highest BCUT2D eigenvalue weighted by Gasteiger charge is 3.10. The molecule has 0 nitrogen and oxygen atoms in total. The van der Waals surface area contributed by atoms with Crippen molar-refractivity contribution in [1.29, 1.82) is 0 Å². The monoisotopic (exact) mass is 274 g/mol. The summed E-state index contributed by atoms with van der Waals surface area (Å²) in [5.74, 6) is 19.4. The van der Waals surface area contributed by atoms with Crippen LogP contribution in [0.3, 0.4) is 0 Å². The van der Waals surface area contributed by atoms with Crippen LogP contribution >= 0.6 is 0 Å². The average molecular weight is 274 g/mol. The lowest BCUT2D eigenvalue weighted by molar-refractivity contribution is -0.0913. The predicted octanol–water partition coefficient (Wildman–Crippen LogP) is 3.14. The van der Waals surface area contributed by atoms with Gasteiger partial charge in [0.15, 0.2) is 0 Å². The van der Waals surface area contributed by atoms with Crippen molar-refractivity contribution in [3.05, 3.63) is 0 Å². The Balaban J connectivity index is 1.58. The van der Waals surface area contributed by atoms with Gasteiger partial charge in [0.05, 0.1) is 0 Å². The molecule has 12 aliphatic rings. The Kier molecular flexibility index (Phi) is 0.711. The molecule has 4 bridgehead atoms. The van der Waals surface area contributed by atoms with Gasteiger partial charge < -0.3 is 0 Å². The fraction of sp³-hybridized carbons (Fsp3) is 1.00. The van der Waals surface area contributed by atoms with E-state index in [0.29, 0.717) is 0 Å². The maximum Gasteiger partial charge on any atom is -0.0111 e. The predicted molar refractivity (Wildman–Crippen MR) is 74.6 cm³/mol. The van der Waals surface area contributed by atoms with Crippen molar-refractivity contribution in [2.24, 2.45) is 105 Å². The zero-order valence-corrected chi connectivity index (χ0v) is 12.6. The van der Waals surface area contributed by atoms with Crippen LogP contribution in [0, 0.1) is 105 Å². The van der Waals surface area contributed by atoms with Crippen LogP contribution < -0.4 is 0 Å². The normalized spacial score (nSPS) is 107. The minimum atomic E-state index is 0.898. The molecule has 0 saturated heterocycles. The zero-order chi connectivity index (χ0) is 12.6. The van der Waals surface area contributed by atoms with Crippen molar-refractivity contribution in [3.8, 4) is 0 Å². The third kappa shape index (κ3) is 0.350. The Morgan fingerprint density at radius 2 is 1.10 bits per heavy atom. The summed E-state index contributed by atoms with van der Waals surface area (Å²) in [7, 11) is 0. The summed E-state index contributed by atoms with van der Waals surface area (Å²) < 4.78 is 0. The molecule has 0 aliphatic heterocycles. The molecule has 18 atom stereocenters. The van der Waals surface area contributed by atoms with Crippen LogP contribution in [-0.4, -0.2) is 0 Å². The second-order valence-corrected chi connectivity index (χ2v) is 12.2. The van der Waals surface area contributed by atoms with Gasteiger partial charge in [0.2, 0.25) is 0 Å². The van der Waals surface area contributed by atoms with Gasteiger partial charge in [0.1, 0.15) is 0 Å². The van der Waals surface area contributed by atoms with Gasteiger partial charge in [-0.3, -0.25) is 0 Å². The number of hydrogen-bond donors (Lipinski definition) is 0. The van der Waals surface area contributed by atoms with Crippen molar-refractivity contribution in [2.45, 2.75) is 19.8 Å². The lowest BCUT2D eigenvalue weighted by Crippen LogP contribution is -2.52. The maximum atomic E-state index is 2.94. The number of hydrogen-bond acceptors (Lipinski definition) is 0. The summed E-state index contributed by atoms with van der Waals surface area (Å²) in [4.78, 5) is 0. The summed E-state index contributed by atoms with van der Waals surface area (Å²) in [5, 5.41) is 0. The van der Waals surface area contributed by atoms with Gasteiger partial charge in [0, 0.05) is 0 Å². The van der Waals surface area contributed by atoms with Crippen molar-refractivity contribution in [2.75, 3.05) is 0 Å². The third-order valence-electron chi connectivity index (χ3n) is 14.4. The fourth-order valence-corrected chi connectivity index (χ4v) is 16.8. The molecular weight excluding hydrogens is 252 g/mol. The lowest BCUT2D eigenvalue weighted by atomic mass is 9.49. The van der Waals surface area contributed by atoms with Crippen LogP contribution in [0.4, 0.5) is 0 Å². The van der Waals surface area contributed by atoms with Gasteiger partial charge >= 0.3 is 0 Å². The Morgan fingerprint density at radius 1 is 0.571 bits per heavy atom. The van der Waals surface area contributed by atoms with E-state index in [9.17, 15) is 0 Å². The summed E-state index contributed by atoms with van der Waals surface area (Å²) in [6.45, 7) is 2.94. The van der Waals surface area contributed by atoms with Crippen molar-refractivity contribution in [3.63, 3.8) is 0 Å². The summed E-state index contributed by atoms with van der Waals surface area (Å²) in [6.07, 6.45) is 3.52. The molecule has 0 aromatic rings. The molecule has 21 heavy (non-hydrogen) atoms. The zero-order valence-electron chi connectivity index (χ0n) is 12.6. The first-order valence-corrected chi connectivity index (χ1v) is 10.3. The lowest BCUT2D eigenvalue weighted by Gasteiger charge is -2.55. The molecule has 0 aromatic carbocycles. The van der Waals surface area contributed by atoms with Crippen molar-refractivity contribution >= 4 is 0 Å². The van der Waals surface area contributed by atoms with Gasteiger partial charge in [-0.15, -0.1) is 0 Å². The van der Waals surface area contributed by atoms with E-state index >= 15 is 0 Å². The molecule has 12 saturated carbocycles. The van der Waals surface area contributed by atoms with Gasteiger partial charge in [-0.05, 0) is 118 Å². The first kappa shape index (κ1) is 8.74. The van der Waals surface area contributed by atoms with Gasteiger partial charge in [-0.25, -0.2) is 0 Å². The maximum absolute atomic E-state index is 2.94. The van der Waals surface area contributed by atoms with E-state index in [1.165, 1.54) is 88.8 Å². The molecule has 0 radical (unpaired) electrons. The second-order valence-electron chi connectivity index (χ2n) is 12.2. The van der Waals surface area contributed by atoms with E-state index in [0.717, 1.165) is 16.2 Å². The molecule has 0 heterocycles. The van der Waals surface area contributed by atoms with E-state index in [1.807, 2.05) is 0 Å². The molecule has 106 valence electrons. The highest BCUT2D eigenvalue weighted by molar-refractivity contribution is 5.56. The summed E-state index contributed by atoms with van der Waals surface area (Å²) >= 11 is 0. The van der Waals surface area contributed by atoms with E-state index in [2.05, 4.69) is 6.92 Å². The molecule has 4 unspecified atom stereocenters. The van der Waals surface area contributed by atoms with Crippen LogP contribution in [0.15, 0.2) is 0 Å². The van der Waals surface area contributed by atoms with Gasteiger partial charge in [-0.1, -0.05) is 6.92 Å². The molecule has 12 fully saturated rings. The third-order valence-corrected chi connectivity index (χ3v) is 14.4. The van der Waals surface area contributed by atoms with Crippen LogP contribution in [0.25, 0.3) is 0 Å². The molecular formula is C21H22. The number of rotatable bonds is 0. The topological polar surface area (TPSA) is 0 Å². The fourth-order valence-electron chi connectivity index (χ4n) is 16.8. The quantitative estimate of drug-likeness (QED) is 0.636. The van der Waals surface area contributed by atoms with E-state index < -0.39 is 0 Å². The second kappa shape index (κ2) is 1.71. The first-order chi connectivity index (χ1) is 10.3. The average Bonchev–Trinajstić information content (AvgIpc) is 3.11. The highest BCUT2D eigenvalue weighted by atomic mass is 15.1. The molecule has 2 spiro atoms. The standard InChI is InChI=1S/C21H22/c1-19-16-10-6-2-4-8(10)12-14(16)15-13-9-5-3-7(11(9)17(15)19)21(6,19)20(4,5)18(12)13/h4-18H,2-3H2,1H3/t4-,5-,6+,7+,8-,9+,10+,11-,12+,13-,14+,15+,16+,17-,18?,19?,20?,21?/m0/s1. The Hall–Kier alpha value is 0. The van der Waals surface area contributed by atoms with Crippen LogP contribution in [0.1, 0.15) is 19.8 Å². The molecule has 0 N–H and O–H groups in total.